The molecule has 0 bridgehead atoms. The van der Waals surface area contributed by atoms with Gasteiger partial charge >= 0.3 is 0 Å². The molecule has 0 unspecified atom stereocenters. The summed E-state index contributed by atoms with van der Waals surface area (Å²) in [6.07, 6.45) is 3.14. The molecule has 10 heteroatoms. The molecule has 2 N–H and O–H groups in total. The van der Waals surface area contributed by atoms with Gasteiger partial charge in [-0.2, -0.15) is 16.8 Å². The highest BCUT2D eigenvalue weighted by atomic mass is 32.2. The molecule has 0 spiro atoms. The molecule has 0 aliphatic carbocycles. The molecule has 1 aliphatic heterocycles. The van der Waals surface area contributed by atoms with E-state index in [1.165, 1.54) is 13.1 Å². The highest BCUT2D eigenvalue weighted by Crippen LogP contribution is 1.90. The standard InChI is InChI=1S/C8H19NO6S2.C2H5N/c1-16(10,11)14-7-3-5-9-6-4-8-15-17(2,12)13;1-2-3-1/h9H,3-8H2,1-2H3;3H,1-2H2. The quantitative estimate of drug-likeness (QED) is 0.294. The van der Waals surface area contributed by atoms with Crippen LogP contribution in [0.5, 0.6) is 0 Å². The van der Waals surface area contributed by atoms with Gasteiger partial charge in [0.25, 0.3) is 20.2 Å². The van der Waals surface area contributed by atoms with Crippen LogP contribution < -0.4 is 10.6 Å². The van der Waals surface area contributed by atoms with Crippen LogP contribution in [0.3, 0.4) is 0 Å². The molecule has 1 rings (SSSR count). The first kappa shape index (κ1) is 19.7. The third-order valence-electron chi connectivity index (χ3n) is 1.84. The van der Waals surface area contributed by atoms with Gasteiger partial charge in [-0.25, -0.2) is 0 Å². The maximum atomic E-state index is 10.6. The summed E-state index contributed by atoms with van der Waals surface area (Å²) in [4.78, 5) is 0. The fourth-order valence-electron chi connectivity index (χ4n) is 0.940. The topological polar surface area (TPSA) is 121 Å². The van der Waals surface area contributed by atoms with Crippen molar-refractivity contribution >= 4 is 20.2 Å². The Morgan fingerprint density at radius 3 is 1.50 bits per heavy atom. The van der Waals surface area contributed by atoms with Gasteiger partial charge in [-0.1, -0.05) is 0 Å². The third-order valence-corrected chi connectivity index (χ3v) is 3.03. The summed E-state index contributed by atoms with van der Waals surface area (Å²) in [7, 11) is -6.71. The highest BCUT2D eigenvalue weighted by Gasteiger charge is 2.01. The van der Waals surface area contributed by atoms with E-state index in [4.69, 9.17) is 0 Å². The van der Waals surface area contributed by atoms with Crippen molar-refractivity contribution in [1.29, 1.82) is 0 Å². The van der Waals surface area contributed by atoms with Crippen molar-refractivity contribution in [2.75, 3.05) is 51.9 Å². The predicted octanol–water partition coefficient (Wildman–Crippen LogP) is -1.10. The Morgan fingerprint density at radius 1 is 0.900 bits per heavy atom. The van der Waals surface area contributed by atoms with E-state index in [-0.39, 0.29) is 13.2 Å². The Morgan fingerprint density at radius 2 is 1.25 bits per heavy atom. The van der Waals surface area contributed by atoms with Crippen LogP contribution in [-0.2, 0) is 28.6 Å². The fourth-order valence-corrected chi connectivity index (χ4v) is 1.78. The molecule has 0 atom stereocenters. The molecule has 0 aromatic heterocycles. The molecule has 1 heterocycles. The van der Waals surface area contributed by atoms with Gasteiger partial charge < -0.3 is 10.6 Å². The number of hydrogen-bond acceptors (Lipinski definition) is 8. The lowest BCUT2D eigenvalue weighted by molar-refractivity contribution is 0.304. The van der Waals surface area contributed by atoms with Crippen LogP contribution in [0.15, 0.2) is 0 Å². The summed E-state index contributed by atoms with van der Waals surface area (Å²) >= 11 is 0. The number of rotatable bonds is 10. The Balaban J connectivity index is 0.00000105. The maximum Gasteiger partial charge on any atom is 0.264 e. The van der Waals surface area contributed by atoms with Crippen molar-refractivity contribution in [2.45, 2.75) is 12.8 Å². The Kier molecular flexibility index (Phi) is 10.3. The Bertz CT molecular complexity index is 392. The van der Waals surface area contributed by atoms with Crippen molar-refractivity contribution < 1.29 is 25.2 Å². The third kappa shape index (κ3) is 22.9. The lowest BCUT2D eigenvalue weighted by Crippen LogP contribution is -2.20. The van der Waals surface area contributed by atoms with Gasteiger partial charge in [0.15, 0.2) is 0 Å². The van der Waals surface area contributed by atoms with E-state index < -0.39 is 20.2 Å². The molecule has 1 aliphatic rings. The molecule has 0 aromatic carbocycles. The molecule has 0 radical (unpaired) electrons. The average Bonchev–Trinajstić information content (AvgIpc) is 3.11. The number of nitrogens with one attached hydrogen (secondary N) is 2. The summed E-state index contributed by atoms with van der Waals surface area (Å²) in [6, 6.07) is 0. The van der Waals surface area contributed by atoms with Gasteiger partial charge in [-0.15, -0.1) is 0 Å². The SMILES string of the molecule is C1CN1.CS(=O)(=O)OCCCNCCCOS(C)(=O)=O. The van der Waals surface area contributed by atoms with Gasteiger partial charge in [-0.05, 0) is 25.9 Å². The van der Waals surface area contributed by atoms with Gasteiger partial charge in [-0.3, -0.25) is 8.37 Å². The molecular formula is C10H24N2O6S2. The largest absolute Gasteiger partial charge is 0.317 e. The summed E-state index contributed by atoms with van der Waals surface area (Å²) in [5.41, 5.74) is 0. The fraction of sp³-hybridized carbons (Fsp3) is 1.00. The minimum Gasteiger partial charge on any atom is -0.317 e. The van der Waals surface area contributed by atoms with Gasteiger partial charge in [0.05, 0.1) is 25.7 Å². The average molecular weight is 332 g/mol. The van der Waals surface area contributed by atoms with Crippen LogP contribution in [0.25, 0.3) is 0 Å². The summed E-state index contributed by atoms with van der Waals surface area (Å²) in [6.45, 7) is 4.00. The van der Waals surface area contributed by atoms with E-state index >= 15 is 0 Å². The summed E-state index contributed by atoms with van der Waals surface area (Å²) < 4.78 is 51.4. The lowest BCUT2D eigenvalue weighted by atomic mass is 10.4. The van der Waals surface area contributed by atoms with E-state index in [0.29, 0.717) is 25.9 Å². The van der Waals surface area contributed by atoms with E-state index in [1.54, 1.807) is 0 Å². The first-order valence-electron chi connectivity index (χ1n) is 6.31. The molecule has 1 saturated heterocycles. The maximum absolute atomic E-state index is 10.6. The minimum atomic E-state index is -3.36. The van der Waals surface area contributed by atoms with Crippen molar-refractivity contribution in [3.63, 3.8) is 0 Å². The van der Waals surface area contributed by atoms with E-state index in [9.17, 15) is 16.8 Å². The van der Waals surface area contributed by atoms with Crippen molar-refractivity contribution in [2.24, 2.45) is 0 Å². The molecule has 0 aromatic rings. The van der Waals surface area contributed by atoms with Gasteiger partial charge in [0.1, 0.15) is 0 Å². The Labute approximate surface area is 121 Å². The van der Waals surface area contributed by atoms with Crippen LogP contribution >= 0.6 is 0 Å². The van der Waals surface area contributed by atoms with Crippen LogP contribution in [0, 0.1) is 0 Å². The predicted molar refractivity (Wildman–Crippen MR) is 76.6 cm³/mol. The van der Waals surface area contributed by atoms with E-state index in [2.05, 4.69) is 19.0 Å². The molecule has 20 heavy (non-hydrogen) atoms. The Hall–Kier alpha value is -0.260. The molecular weight excluding hydrogens is 308 g/mol. The molecule has 8 nitrogen and oxygen atoms in total. The van der Waals surface area contributed by atoms with Gasteiger partial charge in [0.2, 0.25) is 0 Å². The monoisotopic (exact) mass is 332 g/mol. The van der Waals surface area contributed by atoms with Crippen molar-refractivity contribution in [3.8, 4) is 0 Å². The van der Waals surface area contributed by atoms with E-state index in [0.717, 1.165) is 12.5 Å². The highest BCUT2D eigenvalue weighted by molar-refractivity contribution is 7.86. The van der Waals surface area contributed by atoms with Crippen molar-refractivity contribution in [1.82, 2.24) is 10.6 Å². The molecule has 122 valence electrons. The normalized spacial score (nSPS) is 14.5. The second-order valence-corrected chi connectivity index (χ2v) is 7.55. The zero-order valence-electron chi connectivity index (χ0n) is 11.9. The van der Waals surface area contributed by atoms with Crippen LogP contribution in [0.2, 0.25) is 0 Å². The van der Waals surface area contributed by atoms with Crippen molar-refractivity contribution in [3.05, 3.63) is 0 Å². The molecule has 0 saturated carbocycles. The first-order valence-corrected chi connectivity index (χ1v) is 9.94. The van der Waals surface area contributed by atoms with Crippen LogP contribution in [0.4, 0.5) is 0 Å². The lowest BCUT2D eigenvalue weighted by Gasteiger charge is -2.04. The van der Waals surface area contributed by atoms with E-state index in [1.807, 2.05) is 0 Å². The second kappa shape index (κ2) is 10.5. The second-order valence-electron chi connectivity index (χ2n) is 4.26. The van der Waals surface area contributed by atoms with Gasteiger partial charge in [0, 0.05) is 13.1 Å². The summed E-state index contributed by atoms with van der Waals surface area (Å²) in [5, 5.41) is 6.01. The summed E-state index contributed by atoms with van der Waals surface area (Å²) in [5.74, 6) is 0. The van der Waals surface area contributed by atoms with Crippen LogP contribution in [-0.4, -0.2) is 68.7 Å². The minimum absolute atomic E-state index is 0.145. The van der Waals surface area contributed by atoms with Crippen LogP contribution in [0.1, 0.15) is 12.8 Å². The first-order chi connectivity index (χ1) is 9.21. The zero-order chi connectivity index (χ0) is 15.5. The number of hydrogen-bond donors (Lipinski definition) is 2. The smallest absolute Gasteiger partial charge is 0.264 e. The molecule has 1 fully saturated rings. The molecule has 0 amide bonds. The zero-order valence-corrected chi connectivity index (χ0v) is 13.6.